The fourth-order valence-corrected chi connectivity index (χ4v) is 2.51. The van der Waals surface area contributed by atoms with Gasteiger partial charge in [0.25, 0.3) is 0 Å². The molecule has 0 saturated heterocycles. The second kappa shape index (κ2) is 6.72. The van der Waals surface area contributed by atoms with E-state index in [1.807, 2.05) is 0 Å². The van der Waals surface area contributed by atoms with Crippen molar-refractivity contribution in [1.82, 2.24) is 5.32 Å². The number of hydrogen-bond acceptors (Lipinski definition) is 4. The van der Waals surface area contributed by atoms with Gasteiger partial charge in [0.05, 0.1) is 12.1 Å². The van der Waals surface area contributed by atoms with Crippen LogP contribution in [-0.2, 0) is 11.2 Å². The monoisotopic (exact) mass is 279 g/mol. The molecule has 1 unspecified atom stereocenters. The average Bonchev–Trinajstić information content (AvgIpc) is 2.44. The summed E-state index contributed by atoms with van der Waals surface area (Å²) in [4.78, 5) is 11.9. The van der Waals surface area contributed by atoms with Crippen LogP contribution in [0.1, 0.15) is 31.2 Å². The predicted molar refractivity (Wildman–Crippen MR) is 74.2 cm³/mol. The van der Waals surface area contributed by atoms with Gasteiger partial charge in [-0.2, -0.15) is 0 Å². The van der Waals surface area contributed by atoms with Crippen molar-refractivity contribution in [2.45, 2.75) is 50.4 Å². The summed E-state index contributed by atoms with van der Waals surface area (Å²) in [6.07, 6.45) is 1.93. The first-order valence-electron chi connectivity index (χ1n) is 7.00. The van der Waals surface area contributed by atoms with E-state index >= 15 is 0 Å². The summed E-state index contributed by atoms with van der Waals surface area (Å²) in [5, 5.41) is 31.6. The molecule has 1 amide bonds. The highest BCUT2D eigenvalue weighted by atomic mass is 16.3. The quantitative estimate of drug-likeness (QED) is 0.653. The van der Waals surface area contributed by atoms with Gasteiger partial charge in [0.15, 0.2) is 0 Å². The van der Waals surface area contributed by atoms with Crippen LogP contribution in [0.15, 0.2) is 24.3 Å². The number of rotatable bonds is 4. The van der Waals surface area contributed by atoms with Crippen LogP contribution in [0.4, 0.5) is 0 Å². The summed E-state index contributed by atoms with van der Waals surface area (Å²) < 4.78 is 0. The molecule has 0 aromatic heterocycles. The van der Waals surface area contributed by atoms with Gasteiger partial charge in [-0.1, -0.05) is 25.0 Å². The van der Waals surface area contributed by atoms with Gasteiger partial charge in [-0.25, -0.2) is 0 Å². The van der Waals surface area contributed by atoms with Crippen molar-refractivity contribution >= 4 is 5.91 Å². The fourth-order valence-electron chi connectivity index (χ4n) is 2.51. The van der Waals surface area contributed by atoms with Gasteiger partial charge in [-0.3, -0.25) is 4.79 Å². The highest BCUT2D eigenvalue weighted by Gasteiger charge is 2.26. The van der Waals surface area contributed by atoms with Crippen LogP contribution in [0.2, 0.25) is 0 Å². The Morgan fingerprint density at radius 1 is 1.25 bits per heavy atom. The van der Waals surface area contributed by atoms with Crippen molar-refractivity contribution in [2.75, 3.05) is 0 Å². The molecule has 3 atom stereocenters. The molecule has 1 aliphatic rings. The number of phenols is 1. The summed E-state index contributed by atoms with van der Waals surface area (Å²) in [6, 6.07) is 6.11. The van der Waals surface area contributed by atoms with Crippen molar-refractivity contribution in [3.05, 3.63) is 29.8 Å². The van der Waals surface area contributed by atoms with Gasteiger partial charge in [-0.05, 0) is 30.5 Å². The van der Waals surface area contributed by atoms with Crippen LogP contribution in [0.3, 0.4) is 0 Å². The molecule has 20 heavy (non-hydrogen) atoms. The number of hydrogen-bond donors (Lipinski definition) is 4. The summed E-state index contributed by atoms with van der Waals surface area (Å²) in [7, 11) is 0. The minimum absolute atomic E-state index is 0.151. The summed E-state index contributed by atoms with van der Waals surface area (Å²) in [6.45, 7) is 0. The molecule has 2 rings (SSSR count). The summed E-state index contributed by atoms with van der Waals surface area (Å²) in [5.41, 5.74) is 0.773. The van der Waals surface area contributed by atoms with Crippen molar-refractivity contribution in [2.24, 2.45) is 0 Å². The van der Waals surface area contributed by atoms with E-state index in [0.29, 0.717) is 6.42 Å². The standard InChI is InChI=1S/C15H21NO4/c17-11-7-5-10(6-8-11)9-14(19)15(20)16-12-3-1-2-4-13(12)18/h5-8,12-14,17-19H,1-4,9H2,(H,16,20)/t12-,13+,14?/m0/s1. The first kappa shape index (κ1) is 14.8. The number of aliphatic hydroxyl groups is 2. The molecule has 110 valence electrons. The van der Waals surface area contributed by atoms with Crippen molar-refractivity contribution < 1.29 is 20.1 Å². The Hall–Kier alpha value is -1.59. The van der Waals surface area contributed by atoms with E-state index in [2.05, 4.69) is 5.32 Å². The zero-order valence-corrected chi connectivity index (χ0v) is 11.3. The highest BCUT2D eigenvalue weighted by molar-refractivity contribution is 5.81. The predicted octanol–water partition coefficient (Wildman–Crippen LogP) is 0.715. The van der Waals surface area contributed by atoms with Crippen LogP contribution in [0.5, 0.6) is 5.75 Å². The Kier molecular flexibility index (Phi) is 4.98. The Morgan fingerprint density at radius 3 is 2.55 bits per heavy atom. The fraction of sp³-hybridized carbons (Fsp3) is 0.533. The number of carbonyl (C=O) groups is 1. The van der Waals surface area contributed by atoms with Gasteiger partial charge in [0.2, 0.25) is 5.91 Å². The summed E-state index contributed by atoms with van der Waals surface area (Å²) >= 11 is 0. The smallest absolute Gasteiger partial charge is 0.249 e. The van der Waals surface area contributed by atoms with Crippen LogP contribution in [-0.4, -0.2) is 39.5 Å². The number of aromatic hydroxyl groups is 1. The molecule has 0 radical (unpaired) electrons. The first-order chi connectivity index (χ1) is 9.56. The molecule has 4 N–H and O–H groups in total. The Morgan fingerprint density at radius 2 is 1.90 bits per heavy atom. The lowest BCUT2D eigenvalue weighted by Gasteiger charge is -2.29. The van der Waals surface area contributed by atoms with Crippen LogP contribution < -0.4 is 5.32 Å². The van der Waals surface area contributed by atoms with Crippen molar-refractivity contribution in [3.8, 4) is 5.75 Å². The lowest BCUT2D eigenvalue weighted by atomic mass is 9.92. The number of phenolic OH excluding ortho intramolecular Hbond substituents is 1. The van der Waals surface area contributed by atoms with Crippen molar-refractivity contribution in [1.29, 1.82) is 0 Å². The first-order valence-corrected chi connectivity index (χ1v) is 7.00. The normalized spacial score (nSPS) is 24.1. The van der Waals surface area contributed by atoms with E-state index in [4.69, 9.17) is 0 Å². The third-order valence-corrected chi connectivity index (χ3v) is 3.73. The molecule has 1 aromatic rings. The largest absolute Gasteiger partial charge is 0.508 e. The molecule has 1 aliphatic carbocycles. The molecule has 1 aromatic carbocycles. The van der Waals surface area contributed by atoms with Crippen LogP contribution in [0.25, 0.3) is 0 Å². The molecule has 5 nitrogen and oxygen atoms in total. The van der Waals surface area contributed by atoms with Gasteiger partial charge in [0.1, 0.15) is 11.9 Å². The Bertz CT molecular complexity index is 446. The van der Waals surface area contributed by atoms with Crippen molar-refractivity contribution in [3.63, 3.8) is 0 Å². The second-order valence-corrected chi connectivity index (χ2v) is 5.35. The van der Waals surface area contributed by atoms with Gasteiger partial charge >= 0.3 is 0 Å². The van der Waals surface area contributed by atoms with Crippen LogP contribution in [0, 0.1) is 0 Å². The third kappa shape index (κ3) is 3.95. The van der Waals surface area contributed by atoms with Gasteiger partial charge in [0, 0.05) is 6.42 Å². The number of amides is 1. The molecular weight excluding hydrogens is 258 g/mol. The maximum atomic E-state index is 11.9. The molecule has 1 fully saturated rings. The maximum absolute atomic E-state index is 11.9. The van der Waals surface area contributed by atoms with Gasteiger partial charge < -0.3 is 20.6 Å². The summed E-state index contributed by atoms with van der Waals surface area (Å²) in [5.74, 6) is -0.304. The molecule has 0 spiro atoms. The number of benzene rings is 1. The van der Waals surface area contributed by atoms with Crippen LogP contribution >= 0.6 is 0 Å². The topological polar surface area (TPSA) is 89.8 Å². The van der Waals surface area contributed by atoms with E-state index in [0.717, 1.165) is 24.8 Å². The molecule has 0 aliphatic heterocycles. The van der Waals surface area contributed by atoms with E-state index < -0.39 is 18.1 Å². The maximum Gasteiger partial charge on any atom is 0.249 e. The zero-order valence-electron chi connectivity index (χ0n) is 11.3. The number of aliphatic hydroxyl groups excluding tert-OH is 2. The molecule has 1 saturated carbocycles. The Labute approximate surface area is 118 Å². The number of nitrogens with one attached hydrogen (secondary N) is 1. The molecule has 5 heteroatoms. The minimum Gasteiger partial charge on any atom is -0.508 e. The number of carbonyl (C=O) groups excluding carboxylic acids is 1. The molecular formula is C15H21NO4. The lowest BCUT2D eigenvalue weighted by molar-refractivity contribution is -0.131. The molecule has 0 bridgehead atoms. The molecule has 0 heterocycles. The third-order valence-electron chi connectivity index (χ3n) is 3.73. The van der Waals surface area contributed by atoms with Gasteiger partial charge in [-0.15, -0.1) is 0 Å². The SMILES string of the molecule is O=C(N[C@H]1CCCC[C@H]1O)C(O)Cc1ccc(O)cc1. The van der Waals surface area contributed by atoms with E-state index in [1.54, 1.807) is 12.1 Å². The van der Waals surface area contributed by atoms with E-state index in [1.165, 1.54) is 12.1 Å². The van der Waals surface area contributed by atoms with E-state index in [9.17, 15) is 20.1 Å². The average molecular weight is 279 g/mol. The zero-order chi connectivity index (χ0) is 14.5. The minimum atomic E-state index is -1.14. The highest BCUT2D eigenvalue weighted by Crippen LogP contribution is 2.18. The second-order valence-electron chi connectivity index (χ2n) is 5.35. The Balaban J connectivity index is 1.86. The van der Waals surface area contributed by atoms with E-state index in [-0.39, 0.29) is 18.2 Å². The lowest BCUT2D eigenvalue weighted by Crippen LogP contribution is -2.49.